The highest BCUT2D eigenvalue weighted by Gasteiger charge is 2.39. The Balaban J connectivity index is 1.83. The Labute approximate surface area is 126 Å². The maximum absolute atomic E-state index is 13.3. The number of hydrogen-bond donors (Lipinski definition) is 1. The molecule has 2 aliphatic rings. The molecule has 0 bridgehead atoms. The maximum Gasteiger partial charge on any atom is 0.332 e. The van der Waals surface area contributed by atoms with Crippen LogP contribution in [0.1, 0.15) is 19.8 Å². The summed E-state index contributed by atoms with van der Waals surface area (Å²) in [6.07, 6.45) is -1.35. The SMILES string of the molecule is CC1CN(C(=O)[C@@H]2CC[C@H](C(=O)O)O2)c2ccc(F)cc2O1. The largest absolute Gasteiger partial charge is 0.487 e. The number of ether oxygens (including phenoxy) is 2. The van der Waals surface area contributed by atoms with Crippen molar-refractivity contribution in [3.63, 3.8) is 0 Å². The molecule has 22 heavy (non-hydrogen) atoms. The monoisotopic (exact) mass is 309 g/mol. The second-order valence-electron chi connectivity index (χ2n) is 5.52. The molecule has 3 atom stereocenters. The van der Waals surface area contributed by atoms with E-state index in [0.29, 0.717) is 30.8 Å². The minimum Gasteiger partial charge on any atom is -0.487 e. The van der Waals surface area contributed by atoms with Gasteiger partial charge in [-0.2, -0.15) is 0 Å². The number of carboxylic acids is 1. The Morgan fingerprint density at radius 1 is 1.32 bits per heavy atom. The van der Waals surface area contributed by atoms with Crippen molar-refractivity contribution in [2.45, 2.75) is 38.1 Å². The summed E-state index contributed by atoms with van der Waals surface area (Å²) in [5.74, 6) is -1.51. The summed E-state index contributed by atoms with van der Waals surface area (Å²) in [5.41, 5.74) is 0.479. The molecule has 2 aliphatic heterocycles. The first-order valence-electron chi connectivity index (χ1n) is 7.11. The van der Waals surface area contributed by atoms with Gasteiger partial charge >= 0.3 is 5.97 Å². The average Bonchev–Trinajstić information content (AvgIpc) is 2.95. The number of hydrogen-bond acceptors (Lipinski definition) is 4. The second kappa shape index (κ2) is 5.57. The first-order valence-corrected chi connectivity index (χ1v) is 7.11. The quantitative estimate of drug-likeness (QED) is 0.897. The standard InChI is InChI=1S/C15H16FNO5/c1-8-7-17(10-3-2-9(16)6-13(10)21-8)14(18)11-4-5-12(22-11)15(19)20/h2-3,6,8,11-12H,4-5,7H2,1H3,(H,19,20)/t8?,11-,12+/m0/s1. The Hall–Kier alpha value is -2.15. The number of aliphatic carboxylic acids is 1. The fourth-order valence-electron chi connectivity index (χ4n) is 2.80. The number of anilines is 1. The summed E-state index contributed by atoms with van der Waals surface area (Å²) in [6.45, 7) is 2.10. The van der Waals surface area contributed by atoms with Gasteiger partial charge in [0.15, 0.2) is 6.10 Å². The van der Waals surface area contributed by atoms with E-state index in [4.69, 9.17) is 14.6 Å². The molecule has 0 radical (unpaired) electrons. The molecular formula is C15H16FNO5. The highest BCUT2D eigenvalue weighted by Crippen LogP contribution is 2.35. The third-order valence-corrected chi connectivity index (χ3v) is 3.82. The first kappa shape index (κ1) is 14.8. The minimum absolute atomic E-state index is 0.282. The number of benzene rings is 1. The predicted octanol–water partition coefficient (Wildman–Crippen LogP) is 1.57. The van der Waals surface area contributed by atoms with Crippen LogP contribution in [-0.4, -0.2) is 41.8 Å². The van der Waals surface area contributed by atoms with E-state index in [0.717, 1.165) is 0 Å². The van der Waals surface area contributed by atoms with Gasteiger partial charge in [0.25, 0.3) is 5.91 Å². The third-order valence-electron chi connectivity index (χ3n) is 3.82. The van der Waals surface area contributed by atoms with Gasteiger partial charge < -0.3 is 19.5 Å². The Morgan fingerprint density at radius 2 is 2.05 bits per heavy atom. The minimum atomic E-state index is -1.06. The first-order chi connectivity index (χ1) is 10.5. The maximum atomic E-state index is 13.3. The Bertz CT molecular complexity index is 620. The summed E-state index contributed by atoms with van der Waals surface area (Å²) in [5, 5.41) is 8.94. The molecule has 0 aliphatic carbocycles. The number of amides is 1. The van der Waals surface area contributed by atoms with E-state index >= 15 is 0 Å². The third kappa shape index (κ3) is 2.64. The number of halogens is 1. The van der Waals surface area contributed by atoms with Crippen molar-refractivity contribution in [2.24, 2.45) is 0 Å². The zero-order valence-electron chi connectivity index (χ0n) is 12.0. The van der Waals surface area contributed by atoms with Crippen LogP contribution in [0, 0.1) is 5.82 Å². The topological polar surface area (TPSA) is 76.1 Å². The molecule has 6 nitrogen and oxygen atoms in total. The lowest BCUT2D eigenvalue weighted by molar-refractivity contribution is -0.151. The zero-order chi connectivity index (χ0) is 15.9. The van der Waals surface area contributed by atoms with E-state index in [1.165, 1.54) is 23.1 Å². The fourth-order valence-corrected chi connectivity index (χ4v) is 2.80. The predicted molar refractivity (Wildman–Crippen MR) is 74.4 cm³/mol. The van der Waals surface area contributed by atoms with Gasteiger partial charge in [-0.05, 0) is 31.9 Å². The van der Waals surface area contributed by atoms with Gasteiger partial charge in [-0.3, -0.25) is 4.79 Å². The molecule has 3 rings (SSSR count). The van der Waals surface area contributed by atoms with Crippen molar-refractivity contribution in [3.05, 3.63) is 24.0 Å². The smallest absolute Gasteiger partial charge is 0.332 e. The van der Waals surface area contributed by atoms with Gasteiger partial charge in [0, 0.05) is 6.07 Å². The van der Waals surface area contributed by atoms with Crippen molar-refractivity contribution in [2.75, 3.05) is 11.4 Å². The molecule has 0 saturated carbocycles. The van der Waals surface area contributed by atoms with Crippen LogP contribution in [0.4, 0.5) is 10.1 Å². The van der Waals surface area contributed by atoms with Gasteiger partial charge in [-0.15, -0.1) is 0 Å². The van der Waals surface area contributed by atoms with Crippen molar-refractivity contribution in [1.82, 2.24) is 0 Å². The van der Waals surface area contributed by atoms with Crippen molar-refractivity contribution in [3.8, 4) is 5.75 Å². The molecule has 2 heterocycles. The van der Waals surface area contributed by atoms with Gasteiger partial charge in [0.1, 0.15) is 23.8 Å². The van der Waals surface area contributed by atoms with E-state index in [1.54, 1.807) is 6.92 Å². The Morgan fingerprint density at radius 3 is 2.73 bits per heavy atom. The fraction of sp³-hybridized carbons (Fsp3) is 0.467. The van der Waals surface area contributed by atoms with E-state index < -0.39 is 24.0 Å². The molecule has 1 N–H and O–H groups in total. The van der Waals surface area contributed by atoms with Gasteiger partial charge in [-0.1, -0.05) is 0 Å². The molecule has 1 amide bonds. The Kier molecular flexibility index (Phi) is 3.74. The lowest BCUT2D eigenvalue weighted by atomic mass is 10.1. The second-order valence-corrected chi connectivity index (χ2v) is 5.52. The van der Waals surface area contributed by atoms with Crippen LogP contribution in [0.2, 0.25) is 0 Å². The van der Waals surface area contributed by atoms with Gasteiger partial charge in [0.2, 0.25) is 0 Å². The molecule has 118 valence electrons. The molecule has 1 aromatic carbocycles. The molecule has 1 fully saturated rings. The van der Waals surface area contributed by atoms with Gasteiger partial charge in [0.05, 0.1) is 12.2 Å². The molecule has 7 heteroatoms. The summed E-state index contributed by atoms with van der Waals surface area (Å²) in [7, 11) is 0. The molecule has 1 saturated heterocycles. The molecule has 0 aromatic heterocycles. The number of carbonyl (C=O) groups is 2. The molecule has 1 aromatic rings. The summed E-state index contributed by atoms with van der Waals surface area (Å²) < 4.78 is 24.2. The molecular weight excluding hydrogens is 293 g/mol. The lowest BCUT2D eigenvalue weighted by Crippen LogP contribution is -2.47. The van der Waals surface area contributed by atoms with Crippen molar-refractivity contribution in [1.29, 1.82) is 0 Å². The molecule has 1 unspecified atom stereocenters. The summed E-state index contributed by atoms with van der Waals surface area (Å²) >= 11 is 0. The van der Waals surface area contributed by atoms with Crippen molar-refractivity contribution >= 4 is 17.6 Å². The van der Waals surface area contributed by atoms with Gasteiger partial charge in [-0.25, -0.2) is 9.18 Å². The lowest BCUT2D eigenvalue weighted by Gasteiger charge is -2.34. The number of carboxylic acid groups (broad SMARTS) is 1. The number of rotatable bonds is 2. The highest BCUT2D eigenvalue weighted by molar-refractivity contribution is 5.98. The van der Waals surface area contributed by atoms with Crippen LogP contribution in [-0.2, 0) is 14.3 Å². The number of nitrogens with zero attached hydrogens (tertiary/aromatic N) is 1. The number of fused-ring (bicyclic) bond motifs is 1. The van der Waals surface area contributed by atoms with E-state index in [2.05, 4.69) is 0 Å². The van der Waals surface area contributed by atoms with Crippen LogP contribution in [0.3, 0.4) is 0 Å². The van der Waals surface area contributed by atoms with Crippen LogP contribution in [0.5, 0.6) is 5.75 Å². The number of carbonyl (C=O) groups excluding carboxylic acids is 1. The zero-order valence-corrected chi connectivity index (χ0v) is 12.0. The highest BCUT2D eigenvalue weighted by atomic mass is 19.1. The van der Waals surface area contributed by atoms with Crippen LogP contribution >= 0.6 is 0 Å². The molecule has 0 spiro atoms. The van der Waals surface area contributed by atoms with E-state index in [9.17, 15) is 14.0 Å². The van der Waals surface area contributed by atoms with Crippen LogP contribution < -0.4 is 9.64 Å². The summed E-state index contributed by atoms with van der Waals surface area (Å²) in [6, 6.07) is 3.98. The normalized spacial score (nSPS) is 27.2. The average molecular weight is 309 g/mol. The van der Waals surface area contributed by atoms with Crippen LogP contribution in [0.15, 0.2) is 18.2 Å². The van der Waals surface area contributed by atoms with E-state index in [1.807, 2.05) is 0 Å². The summed E-state index contributed by atoms with van der Waals surface area (Å²) in [4.78, 5) is 25.0. The van der Waals surface area contributed by atoms with E-state index in [-0.39, 0.29) is 12.0 Å². The van der Waals surface area contributed by atoms with Crippen LogP contribution in [0.25, 0.3) is 0 Å². The van der Waals surface area contributed by atoms with Crippen molar-refractivity contribution < 1.29 is 28.6 Å².